The van der Waals surface area contributed by atoms with Crippen LogP contribution in [0.1, 0.15) is 38.1 Å². The third-order valence-electron chi connectivity index (χ3n) is 5.46. The monoisotopic (exact) mass is 500 g/mol. The predicted molar refractivity (Wildman–Crippen MR) is 129 cm³/mol. The highest BCUT2D eigenvalue weighted by Gasteiger charge is 2.30. The van der Waals surface area contributed by atoms with Gasteiger partial charge in [-0.2, -0.15) is 18.3 Å². The normalized spacial score (nSPS) is 13.1. The lowest BCUT2D eigenvalue weighted by molar-refractivity contribution is -0.139. The molecule has 0 radical (unpaired) electrons. The van der Waals surface area contributed by atoms with Gasteiger partial charge in [-0.25, -0.2) is 4.68 Å². The molecule has 1 unspecified atom stereocenters. The van der Waals surface area contributed by atoms with E-state index in [1.165, 1.54) is 23.9 Å². The van der Waals surface area contributed by atoms with Gasteiger partial charge in [0.2, 0.25) is 0 Å². The summed E-state index contributed by atoms with van der Waals surface area (Å²) in [5.74, 6) is -0.334. The molecule has 0 amide bonds. The van der Waals surface area contributed by atoms with E-state index in [1.807, 2.05) is 31.2 Å². The Hall–Kier alpha value is -3.46. The highest BCUT2D eigenvalue weighted by Crippen LogP contribution is 2.35. The molecule has 3 aromatic carbocycles. The number of carbonyl (C=O) groups is 1. The summed E-state index contributed by atoms with van der Waals surface area (Å²) in [5, 5.41) is 14.8. The van der Waals surface area contributed by atoms with Crippen LogP contribution >= 0.6 is 11.8 Å². The first-order valence-corrected chi connectivity index (χ1v) is 11.6. The van der Waals surface area contributed by atoms with E-state index < -0.39 is 28.6 Å². The highest BCUT2D eigenvalue weighted by atomic mass is 32.2. The Morgan fingerprint density at radius 1 is 1.00 bits per heavy atom. The maximum absolute atomic E-state index is 13.0. The van der Waals surface area contributed by atoms with Crippen molar-refractivity contribution in [3.05, 3.63) is 84.1 Å². The van der Waals surface area contributed by atoms with Crippen molar-refractivity contribution in [2.24, 2.45) is 0 Å². The maximum atomic E-state index is 13.0. The van der Waals surface area contributed by atoms with Gasteiger partial charge in [-0.05, 0) is 75.4 Å². The zero-order valence-corrected chi connectivity index (χ0v) is 20.0. The number of fused-ring (bicyclic) bond motifs is 1. The number of hydrogen-bond donors (Lipinski definition) is 1. The average molecular weight is 501 g/mol. The quantitative estimate of drug-likeness (QED) is 0.273. The number of benzene rings is 3. The van der Waals surface area contributed by atoms with Crippen molar-refractivity contribution in [3.8, 4) is 11.4 Å². The van der Waals surface area contributed by atoms with Crippen LogP contribution in [0.25, 0.3) is 16.6 Å². The third-order valence-corrected chi connectivity index (χ3v) is 6.66. The Balaban J connectivity index is 1.64. The summed E-state index contributed by atoms with van der Waals surface area (Å²) >= 11 is 1.23. The molecule has 1 N–H and O–H groups in total. The van der Waals surface area contributed by atoms with Crippen molar-refractivity contribution < 1.29 is 27.8 Å². The minimum atomic E-state index is -4.42. The number of thioether (sulfide) groups is 1. The van der Waals surface area contributed by atoms with Gasteiger partial charge in [0.25, 0.3) is 0 Å². The van der Waals surface area contributed by atoms with Gasteiger partial charge in [-0.1, -0.05) is 18.2 Å². The number of nitrogens with zero attached hydrogens (tertiary/aromatic N) is 2. The number of carboxylic acids is 1. The fourth-order valence-corrected chi connectivity index (χ4v) is 4.57. The molecule has 9 heteroatoms. The van der Waals surface area contributed by atoms with E-state index in [9.17, 15) is 23.1 Å². The van der Waals surface area contributed by atoms with Gasteiger partial charge in [0.15, 0.2) is 0 Å². The number of halogens is 3. The van der Waals surface area contributed by atoms with Gasteiger partial charge < -0.3 is 9.84 Å². The standard InChI is InChI=1S/C26H23F3N2O3S/c1-16(34-19-12-14-20(15-13-19)35-25(2,3)24(32)33)23-21-6-4-5-7-22(21)30-31(23)18-10-8-17(9-11-18)26(27,28)29/h4-16H,1-3H3,(H,32,33). The van der Waals surface area contributed by atoms with Crippen LogP contribution in [0.2, 0.25) is 0 Å². The molecule has 35 heavy (non-hydrogen) atoms. The molecule has 1 aromatic heterocycles. The second-order valence-corrected chi connectivity index (χ2v) is 10.2. The minimum Gasteiger partial charge on any atom is -0.484 e. The van der Waals surface area contributed by atoms with Gasteiger partial charge in [0.1, 0.15) is 16.6 Å². The molecule has 0 saturated carbocycles. The lowest BCUT2D eigenvalue weighted by atomic mass is 10.1. The lowest BCUT2D eigenvalue weighted by Crippen LogP contribution is -2.26. The number of aliphatic carboxylic acids is 1. The Morgan fingerprint density at radius 2 is 1.63 bits per heavy atom. The molecule has 4 aromatic rings. The molecule has 1 atom stereocenters. The number of alkyl halides is 3. The van der Waals surface area contributed by atoms with Gasteiger partial charge in [0, 0.05) is 10.3 Å². The Morgan fingerprint density at radius 3 is 2.23 bits per heavy atom. The maximum Gasteiger partial charge on any atom is 0.416 e. The van der Waals surface area contributed by atoms with Crippen LogP contribution in [-0.4, -0.2) is 25.6 Å². The summed E-state index contributed by atoms with van der Waals surface area (Å²) in [4.78, 5) is 12.2. The van der Waals surface area contributed by atoms with Gasteiger partial charge in [0.05, 0.1) is 22.5 Å². The van der Waals surface area contributed by atoms with E-state index in [0.717, 1.165) is 22.4 Å². The van der Waals surface area contributed by atoms with Crippen molar-refractivity contribution in [2.45, 2.75) is 42.7 Å². The van der Waals surface area contributed by atoms with Crippen LogP contribution in [0, 0.1) is 0 Å². The molecule has 0 aliphatic carbocycles. The van der Waals surface area contributed by atoms with Crippen LogP contribution in [0.5, 0.6) is 5.75 Å². The summed E-state index contributed by atoms with van der Waals surface area (Å²) in [6.07, 6.45) is -4.91. The van der Waals surface area contributed by atoms with E-state index in [0.29, 0.717) is 22.6 Å². The first-order chi connectivity index (χ1) is 16.5. The fourth-order valence-electron chi connectivity index (χ4n) is 3.62. The minimum absolute atomic E-state index is 0.487. The third kappa shape index (κ3) is 5.30. The SMILES string of the molecule is CC(Oc1ccc(SC(C)(C)C(=O)O)cc1)c1c2ccccc2nn1-c1ccc(C(F)(F)F)cc1. The van der Waals surface area contributed by atoms with Crippen LogP contribution < -0.4 is 4.74 Å². The number of carboxylic acid groups (broad SMARTS) is 1. The fraction of sp³-hybridized carbons (Fsp3) is 0.231. The Labute approximate surface area is 204 Å². The molecule has 0 aliphatic rings. The van der Waals surface area contributed by atoms with Gasteiger partial charge in [-0.3, -0.25) is 4.79 Å². The van der Waals surface area contributed by atoms with Crippen LogP contribution in [-0.2, 0) is 11.0 Å². The Bertz CT molecular complexity index is 1350. The zero-order chi connectivity index (χ0) is 25.4. The van der Waals surface area contributed by atoms with Crippen LogP contribution in [0.4, 0.5) is 13.2 Å². The second-order valence-electron chi connectivity index (χ2n) is 8.51. The average Bonchev–Trinajstić information content (AvgIpc) is 3.19. The van der Waals surface area contributed by atoms with Gasteiger partial charge >= 0.3 is 12.1 Å². The second kappa shape index (κ2) is 9.30. The number of rotatable bonds is 7. The molecule has 5 nitrogen and oxygen atoms in total. The molecule has 0 spiro atoms. The number of hydrogen-bond acceptors (Lipinski definition) is 4. The highest BCUT2D eigenvalue weighted by molar-refractivity contribution is 8.01. The summed E-state index contributed by atoms with van der Waals surface area (Å²) in [6, 6.07) is 19.4. The topological polar surface area (TPSA) is 64.3 Å². The molecule has 0 fully saturated rings. The smallest absolute Gasteiger partial charge is 0.416 e. The molecule has 0 aliphatic heterocycles. The van der Waals surface area contributed by atoms with E-state index in [1.54, 1.807) is 42.8 Å². The molecule has 0 saturated heterocycles. The molecular weight excluding hydrogens is 477 g/mol. The van der Waals surface area contributed by atoms with E-state index in [4.69, 9.17) is 4.74 Å². The molecule has 182 valence electrons. The number of ether oxygens (including phenoxy) is 1. The van der Waals surface area contributed by atoms with Crippen molar-refractivity contribution >= 4 is 28.6 Å². The summed E-state index contributed by atoms with van der Waals surface area (Å²) in [6.45, 7) is 5.13. The first kappa shape index (κ1) is 24.7. The predicted octanol–water partition coefficient (Wildman–Crippen LogP) is 7.14. The molecule has 4 rings (SSSR count). The van der Waals surface area contributed by atoms with E-state index in [-0.39, 0.29) is 0 Å². The first-order valence-electron chi connectivity index (χ1n) is 10.8. The van der Waals surface area contributed by atoms with Crippen molar-refractivity contribution in [2.75, 3.05) is 0 Å². The van der Waals surface area contributed by atoms with Gasteiger partial charge in [-0.15, -0.1) is 11.8 Å². The summed E-state index contributed by atoms with van der Waals surface area (Å²) in [7, 11) is 0. The van der Waals surface area contributed by atoms with Crippen molar-refractivity contribution in [1.82, 2.24) is 9.78 Å². The van der Waals surface area contributed by atoms with Crippen molar-refractivity contribution in [3.63, 3.8) is 0 Å². The summed E-state index contributed by atoms with van der Waals surface area (Å²) < 4.78 is 45.9. The van der Waals surface area contributed by atoms with Crippen molar-refractivity contribution in [1.29, 1.82) is 0 Å². The van der Waals surface area contributed by atoms with Crippen LogP contribution in [0.15, 0.2) is 77.7 Å². The molecular formula is C26H23F3N2O3S. The molecule has 1 heterocycles. The van der Waals surface area contributed by atoms with E-state index >= 15 is 0 Å². The van der Waals surface area contributed by atoms with E-state index in [2.05, 4.69) is 5.10 Å². The zero-order valence-electron chi connectivity index (χ0n) is 19.2. The lowest BCUT2D eigenvalue weighted by Gasteiger charge is -2.20. The largest absolute Gasteiger partial charge is 0.484 e. The number of aromatic nitrogens is 2. The molecule has 0 bridgehead atoms. The Kier molecular flexibility index (Phi) is 6.55. The summed E-state index contributed by atoms with van der Waals surface area (Å²) in [5.41, 5.74) is 1.15. The van der Waals surface area contributed by atoms with Crippen LogP contribution in [0.3, 0.4) is 0 Å².